The maximum Gasteiger partial charge on any atom is 0.113 e. The van der Waals surface area contributed by atoms with Gasteiger partial charge in [-0.3, -0.25) is 0 Å². The highest BCUT2D eigenvalue weighted by molar-refractivity contribution is 7.12. The van der Waals surface area contributed by atoms with Crippen LogP contribution in [-0.2, 0) is 18.4 Å². The number of hydrogen-bond acceptors (Lipinski definition) is 3. The van der Waals surface area contributed by atoms with Crippen molar-refractivity contribution < 1.29 is 0 Å². The zero-order chi connectivity index (χ0) is 15.0. The van der Waals surface area contributed by atoms with Gasteiger partial charge in [0.05, 0.1) is 11.2 Å². The highest BCUT2D eigenvalue weighted by atomic mass is 32.1. The molecule has 1 aromatic rings. The second kappa shape index (κ2) is 6.00. The molecule has 0 amide bonds. The zero-order valence-electron chi connectivity index (χ0n) is 14.0. The van der Waals surface area contributed by atoms with Crippen LogP contribution >= 0.6 is 11.3 Å². The molecule has 21 heavy (non-hydrogen) atoms. The van der Waals surface area contributed by atoms with Crippen LogP contribution in [0.3, 0.4) is 0 Å². The summed E-state index contributed by atoms with van der Waals surface area (Å²) >= 11 is 2.01. The Kier molecular flexibility index (Phi) is 4.42. The van der Waals surface area contributed by atoms with E-state index >= 15 is 0 Å². The molecule has 2 nitrogen and oxygen atoms in total. The van der Waals surface area contributed by atoms with Crippen molar-refractivity contribution in [2.24, 2.45) is 11.8 Å². The first-order chi connectivity index (χ1) is 10.00. The lowest BCUT2D eigenvalue weighted by Gasteiger charge is -2.42. The predicted molar refractivity (Wildman–Crippen MR) is 90.9 cm³/mol. The SMILES string of the molecule is CC(C)NC1(c2nc3c(s2)CCC3)CCC(C(C)C)CC1. The second-order valence-corrected chi connectivity index (χ2v) is 8.79. The Morgan fingerprint density at radius 1 is 1.14 bits per heavy atom. The highest BCUT2D eigenvalue weighted by Gasteiger charge is 2.40. The molecule has 1 heterocycles. The summed E-state index contributed by atoms with van der Waals surface area (Å²) in [6.07, 6.45) is 9.01. The molecule has 0 aliphatic heterocycles. The number of thiazole rings is 1. The fourth-order valence-electron chi connectivity index (χ4n) is 4.17. The molecule has 2 aliphatic rings. The Morgan fingerprint density at radius 3 is 2.43 bits per heavy atom. The van der Waals surface area contributed by atoms with E-state index in [1.165, 1.54) is 55.6 Å². The Balaban J connectivity index is 1.83. The van der Waals surface area contributed by atoms with Crippen LogP contribution in [0.1, 0.15) is 75.4 Å². The van der Waals surface area contributed by atoms with E-state index in [2.05, 4.69) is 33.0 Å². The fraction of sp³-hybridized carbons (Fsp3) is 0.833. The molecule has 0 unspecified atom stereocenters. The monoisotopic (exact) mass is 306 g/mol. The van der Waals surface area contributed by atoms with E-state index in [4.69, 9.17) is 4.98 Å². The molecule has 0 bridgehead atoms. The molecule has 0 saturated heterocycles. The van der Waals surface area contributed by atoms with E-state index in [0.717, 1.165) is 11.8 Å². The Labute approximate surface area is 133 Å². The van der Waals surface area contributed by atoms with Crippen LogP contribution in [0.25, 0.3) is 0 Å². The normalized spacial score (nSPS) is 29.3. The first kappa shape index (κ1) is 15.5. The van der Waals surface area contributed by atoms with Crippen LogP contribution < -0.4 is 5.32 Å². The molecule has 1 N–H and O–H groups in total. The number of fused-ring (bicyclic) bond motifs is 1. The molecular formula is C18H30N2S. The molecule has 3 heteroatoms. The van der Waals surface area contributed by atoms with Crippen molar-refractivity contribution in [1.29, 1.82) is 0 Å². The quantitative estimate of drug-likeness (QED) is 0.874. The van der Waals surface area contributed by atoms with Crippen LogP contribution in [0.2, 0.25) is 0 Å². The summed E-state index contributed by atoms with van der Waals surface area (Å²) in [5.74, 6) is 1.72. The number of rotatable bonds is 4. The van der Waals surface area contributed by atoms with Gasteiger partial charge in [0.2, 0.25) is 0 Å². The molecule has 0 radical (unpaired) electrons. The first-order valence-electron chi connectivity index (χ1n) is 8.77. The Morgan fingerprint density at radius 2 is 1.86 bits per heavy atom. The zero-order valence-corrected chi connectivity index (χ0v) is 14.9. The van der Waals surface area contributed by atoms with Gasteiger partial charge in [0.15, 0.2) is 0 Å². The summed E-state index contributed by atoms with van der Waals surface area (Å²) in [6, 6.07) is 0.527. The lowest BCUT2D eigenvalue weighted by molar-refractivity contribution is 0.151. The van der Waals surface area contributed by atoms with Gasteiger partial charge in [-0.05, 0) is 70.6 Å². The number of nitrogens with one attached hydrogen (secondary N) is 1. The van der Waals surface area contributed by atoms with Crippen molar-refractivity contribution >= 4 is 11.3 Å². The number of aryl methyl sites for hydroxylation is 2. The third-order valence-corrected chi connectivity index (χ3v) is 6.76. The van der Waals surface area contributed by atoms with Crippen LogP contribution in [0, 0.1) is 11.8 Å². The molecule has 3 rings (SSSR count). The van der Waals surface area contributed by atoms with Gasteiger partial charge in [-0.1, -0.05) is 13.8 Å². The molecule has 118 valence electrons. The minimum atomic E-state index is 0.161. The summed E-state index contributed by atoms with van der Waals surface area (Å²) < 4.78 is 0. The van der Waals surface area contributed by atoms with Crippen LogP contribution in [-0.4, -0.2) is 11.0 Å². The van der Waals surface area contributed by atoms with Gasteiger partial charge in [0, 0.05) is 10.9 Å². The topological polar surface area (TPSA) is 24.9 Å². The van der Waals surface area contributed by atoms with Gasteiger partial charge in [0.25, 0.3) is 0 Å². The standard InChI is InChI=1S/C18H30N2S/c1-12(2)14-8-10-18(11-9-14,20-13(3)4)17-19-15-6-5-7-16(15)21-17/h12-14,20H,5-11H2,1-4H3. The molecule has 0 spiro atoms. The minimum Gasteiger partial charge on any atom is -0.303 e. The average Bonchev–Trinajstić information content (AvgIpc) is 2.99. The van der Waals surface area contributed by atoms with Crippen molar-refractivity contribution in [2.45, 2.75) is 84.2 Å². The van der Waals surface area contributed by atoms with Crippen LogP contribution in [0.15, 0.2) is 0 Å². The molecule has 1 fully saturated rings. The smallest absolute Gasteiger partial charge is 0.113 e. The lowest BCUT2D eigenvalue weighted by atomic mass is 9.72. The predicted octanol–water partition coefficient (Wildman–Crippen LogP) is 4.67. The van der Waals surface area contributed by atoms with E-state index in [9.17, 15) is 0 Å². The highest BCUT2D eigenvalue weighted by Crippen LogP contribution is 2.44. The first-order valence-corrected chi connectivity index (χ1v) is 9.58. The van der Waals surface area contributed by atoms with E-state index < -0.39 is 0 Å². The molecular weight excluding hydrogens is 276 g/mol. The van der Waals surface area contributed by atoms with Crippen LogP contribution in [0.5, 0.6) is 0 Å². The summed E-state index contributed by atoms with van der Waals surface area (Å²) in [5, 5.41) is 5.30. The van der Waals surface area contributed by atoms with Gasteiger partial charge in [-0.25, -0.2) is 4.98 Å². The summed E-state index contributed by atoms with van der Waals surface area (Å²) in [6.45, 7) is 9.31. The van der Waals surface area contributed by atoms with E-state index in [1.807, 2.05) is 11.3 Å². The fourth-order valence-corrected chi connectivity index (χ4v) is 5.53. The van der Waals surface area contributed by atoms with E-state index in [0.29, 0.717) is 6.04 Å². The van der Waals surface area contributed by atoms with Gasteiger partial charge < -0.3 is 5.32 Å². The van der Waals surface area contributed by atoms with Crippen molar-refractivity contribution in [1.82, 2.24) is 10.3 Å². The maximum atomic E-state index is 5.07. The largest absolute Gasteiger partial charge is 0.303 e. The van der Waals surface area contributed by atoms with Gasteiger partial charge in [0.1, 0.15) is 5.01 Å². The maximum absolute atomic E-state index is 5.07. The molecule has 1 saturated carbocycles. The molecule has 1 aromatic heterocycles. The number of aromatic nitrogens is 1. The summed E-state index contributed by atoms with van der Waals surface area (Å²) in [5.41, 5.74) is 1.57. The third kappa shape index (κ3) is 3.05. The number of nitrogens with zero attached hydrogens (tertiary/aromatic N) is 1. The van der Waals surface area contributed by atoms with Crippen LogP contribution in [0.4, 0.5) is 0 Å². The lowest BCUT2D eigenvalue weighted by Crippen LogP contribution is -2.48. The Bertz CT molecular complexity index is 460. The van der Waals surface area contributed by atoms with Crippen molar-refractivity contribution in [2.75, 3.05) is 0 Å². The molecule has 0 aromatic carbocycles. The van der Waals surface area contributed by atoms with Crippen molar-refractivity contribution in [3.05, 3.63) is 15.6 Å². The third-order valence-electron chi connectivity index (χ3n) is 5.40. The average molecular weight is 307 g/mol. The van der Waals surface area contributed by atoms with Gasteiger partial charge >= 0.3 is 0 Å². The minimum absolute atomic E-state index is 0.161. The number of hydrogen-bond donors (Lipinski definition) is 1. The second-order valence-electron chi connectivity index (χ2n) is 7.71. The van der Waals surface area contributed by atoms with E-state index in [-0.39, 0.29) is 5.54 Å². The summed E-state index contributed by atoms with van der Waals surface area (Å²) in [4.78, 5) is 6.64. The molecule has 0 atom stereocenters. The molecule has 2 aliphatic carbocycles. The van der Waals surface area contributed by atoms with Gasteiger partial charge in [-0.2, -0.15) is 0 Å². The Hall–Kier alpha value is -0.410. The van der Waals surface area contributed by atoms with Crippen molar-refractivity contribution in [3.8, 4) is 0 Å². The van der Waals surface area contributed by atoms with E-state index in [1.54, 1.807) is 4.88 Å². The summed E-state index contributed by atoms with van der Waals surface area (Å²) in [7, 11) is 0. The van der Waals surface area contributed by atoms with Crippen molar-refractivity contribution in [3.63, 3.8) is 0 Å². The van der Waals surface area contributed by atoms with Gasteiger partial charge in [-0.15, -0.1) is 11.3 Å².